The van der Waals surface area contributed by atoms with Gasteiger partial charge in [-0.3, -0.25) is 0 Å². The van der Waals surface area contributed by atoms with Gasteiger partial charge in [0.05, 0.1) is 0 Å². The van der Waals surface area contributed by atoms with Gasteiger partial charge in [-0.25, -0.2) is 14.0 Å². The topological polar surface area (TPSA) is 76.7 Å². The van der Waals surface area contributed by atoms with Crippen LogP contribution < -0.4 is 10.6 Å². The Labute approximate surface area is 167 Å². The Morgan fingerprint density at radius 3 is 2.19 bits per heavy atom. The van der Waals surface area contributed by atoms with Crippen molar-refractivity contribution in [3.63, 3.8) is 0 Å². The highest BCUT2D eigenvalue weighted by Crippen LogP contribution is 2.20. The Morgan fingerprint density at radius 2 is 1.67 bits per heavy atom. The highest BCUT2D eigenvalue weighted by molar-refractivity contribution is 9.10. The number of benzene rings is 1. The Bertz CT molecular complexity index is 670. The van der Waals surface area contributed by atoms with Crippen LogP contribution in [0.15, 0.2) is 22.7 Å². The van der Waals surface area contributed by atoms with E-state index >= 15 is 0 Å². The minimum Gasteiger partial charge on any atom is -0.445 e. The van der Waals surface area contributed by atoms with E-state index in [9.17, 15) is 14.0 Å². The molecule has 0 atom stereocenters. The summed E-state index contributed by atoms with van der Waals surface area (Å²) in [6, 6.07) is 4.60. The van der Waals surface area contributed by atoms with Crippen LogP contribution in [0.3, 0.4) is 0 Å². The molecule has 1 aliphatic rings. The van der Waals surface area contributed by atoms with Crippen LogP contribution in [0.5, 0.6) is 0 Å². The molecule has 2 amide bonds. The Morgan fingerprint density at radius 1 is 1.11 bits per heavy atom. The molecule has 0 heterocycles. The highest BCUT2D eigenvalue weighted by atomic mass is 79.9. The van der Waals surface area contributed by atoms with Crippen molar-refractivity contribution < 1.29 is 23.5 Å². The zero-order valence-corrected chi connectivity index (χ0v) is 17.4. The average molecular weight is 445 g/mol. The van der Waals surface area contributed by atoms with E-state index in [2.05, 4.69) is 26.6 Å². The summed E-state index contributed by atoms with van der Waals surface area (Å²) >= 11 is 3.18. The van der Waals surface area contributed by atoms with Gasteiger partial charge in [-0.15, -0.1) is 0 Å². The lowest BCUT2D eigenvalue weighted by atomic mass is 9.91. The van der Waals surface area contributed by atoms with Crippen molar-refractivity contribution in [2.24, 2.45) is 0 Å². The first kappa shape index (κ1) is 21.5. The molecule has 8 heteroatoms. The smallest absolute Gasteiger partial charge is 0.407 e. The maximum Gasteiger partial charge on any atom is 0.407 e. The summed E-state index contributed by atoms with van der Waals surface area (Å²) in [6.07, 6.45) is 1.94. The fourth-order valence-electron chi connectivity index (χ4n) is 2.85. The minimum absolute atomic E-state index is 0.0241. The molecule has 1 aliphatic carbocycles. The summed E-state index contributed by atoms with van der Waals surface area (Å²) in [5.41, 5.74) is -0.209. The third-order valence-electron chi connectivity index (χ3n) is 4.14. The molecule has 1 saturated carbocycles. The van der Waals surface area contributed by atoms with Crippen molar-refractivity contribution in [2.45, 2.75) is 70.7 Å². The molecular weight excluding hydrogens is 419 g/mol. The van der Waals surface area contributed by atoms with Gasteiger partial charge in [0.25, 0.3) is 0 Å². The summed E-state index contributed by atoms with van der Waals surface area (Å²) in [4.78, 5) is 23.7. The number of amides is 2. The molecule has 1 aromatic rings. The van der Waals surface area contributed by atoms with Crippen LogP contribution in [0, 0.1) is 5.82 Å². The van der Waals surface area contributed by atoms with Gasteiger partial charge in [0.1, 0.15) is 18.0 Å². The predicted molar refractivity (Wildman–Crippen MR) is 103 cm³/mol. The summed E-state index contributed by atoms with van der Waals surface area (Å²) in [7, 11) is 0. The first-order chi connectivity index (χ1) is 12.6. The highest BCUT2D eigenvalue weighted by Gasteiger charge is 2.25. The molecule has 2 rings (SSSR count). The molecule has 27 heavy (non-hydrogen) atoms. The fraction of sp³-hybridized carbons (Fsp3) is 0.579. The SMILES string of the molecule is CC(C)(C)OC(=O)NC1CCC(NC(=O)OCc2ccc(Br)cc2F)CC1. The zero-order valence-electron chi connectivity index (χ0n) is 15.8. The number of alkyl carbamates (subject to hydrolysis) is 2. The lowest BCUT2D eigenvalue weighted by Gasteiger charge is -2.30. The van der Waals surface area contributed by atoms with E-state index in [1.807, 2.05) is 20.8 Å². The van der Waals surface area contributed by atoms with E-state index < -0.39 is 23.6 Å². The second-order valence-corrected chi connectivity index (χ2v) is 8.57. The molecule has 0 radical (unpaired) electrons. The van der Waals surface area contributed by atoms with Crippen LogP contribution in [-0.4, -0.2) is 29.9 Å². The van der Waals surface area contributed by atoms with Gasteiger partial charge in [0, 0.05) is 22.1 Å². The van der Waals surface area contributed by atoms with Crippen LogP contribution in [-0.2, 0) is 16.1 Å². The van der Waals surface area contributed by atoms with Gasteiger partial charge in [-0.2, -0.15) is 0 Å². The third kappa shape index (κ3) is 7.74. The number of halogens is 2. The maximum absolute atomic E-state index is 13.7. The van der Waals surface area contributed by atoms with Gasteiger partial charge in [-0.05, 0) is 58.6 Å². The monoisotopic (exact) mass is 444 g/mol. The molecule has 2 N–H and O–H groups in total. The van der Waals surface area contributed by atoms with Crippen LogP contribution >= 0.6 is 15.9 Å². The van der Waals surface area contributed by atoms with E-state index in [0.29, 0.717) is 10.0 Å². The number of carbonyl (C=O) groups is 2. The van der Waals surface area contributed by atoms with Crippen LogP contribution in [0.25, 0.3) is 0 Å². The second-order valence-electron chi connectivity index (χ2n) is 7.65. The Kier molecular flexibility index (Phi) is 7.47. The average Bonchev–Trinajstić information content (AvgIpc) is 2.54. The lowest BCUT2D eigenvalue weighted by Crippen LogP contribution is -2.45. The van der Waals surface area contributed by atoms with Crippen molar-refractivity contribution in [3.05, 3.63) is 34.1 Å². The van der Waals surface area contributed by atoms with Gasteiger partial charge in [0.2, 0.25) is 0 Å². The predicted octanol–water partition coefficient (Wildman–Crippen LogP) is 4.65. The van der Waals surface area contributed by atoms with Crippen molar-refractivity contribution in [1.29, 1.82) is 0 Å². The number of nitrogens with one attached hydrogen (secondary N) is 2. The summed E-state index contributed by atoms with van der Waals surface area (Å²) in [6.45, 7) is 5.33. The van der Waals surface area contributed by atoms with Crippen molar-refractivity contribution in [3.8, 4) is 0 Å². The number of rotatable bonds is 4. The molecule has 1 fully saturated rings. The Hall–Kier alpha value is -1.83. The summed E-state index contributed by atoms with van der Waals surface area (Å²) < 4.78 is 24.7. The second kappa shape index (κ2) is 9.39. The number of ether oxygens (including phenoxy) is 2. The normalized spacial score (nSPS) is 19.9. The quantitative estimate of drug-likeness (QED) is 0.708. The maximum atomic E-state index is 13.7. The standard InChI is InChI=1S/C19H26BrFN2O4/c1-19(2,3)27-18(25)23-15-8-6-14(7-9-15)22-17(24)26-11-12-4-5-13(20)10-16(12)21/h4-5,10,14-15H,6-9,11H2,1-3H3,(H,22,24)(H,23,25). The zero-order chi connectivity index (χ0) is 20.0. The Balaban J connectivity index is 1.69. The van der Waals surface area contributed by atoms with Gasteiger partial charge in [0.15, 0.2) is 0 Å². The van der Waals surface area contributed by atoms with Crippen LogP contribution in [0.2, 0.25) is 0 Å². The number of hydrogen-bond donors (Lipinski definition) is 2. The number of carbonyl (C=O) groups excluding carboxylic acids is 2. The van der Waals surface area contributed by atoms with E-state index in [1.165, 1.54) is 6.07 Å². The molecule has 150 valence electrons. The molecule has 1 aromatic carbocycles. The molecule has 0 bridgehead atoms. The van der Waals surface area contributed by atoms with Gasteiger partial charge >= 0.3 is 12.2 Å². The van der Waals surface area contributed by atoms with Crippen molar-refractivity contribution >= 4 is 28.1 Å². The minimum atomic E-state index is -0.569. The molecule has 0 aromatic heterocycles. The van der Waals surface area contributed by atoms with Crippen molar-refractivity contribution in [1.82, 2.24) is 10.6 Å². The van der Waals surface area contributed by atoms with E-state index in [4.69, 9.17) is 9.47 Å². The van der Waals surface area contributed by atoms with Crippen LogP contribution in [0.1, 0.15) is 52.0 Å². The van der Waals surface area contributed by atoms with Gasteiger partial charge in [-0.1, -0.05) is 22.0 Å². The summed E-state index contributed by atoms with van der Waals surface area (Å²) in [5.74, 6) is -0.425. The molecule has 0 saturated heterocycles. The van der Waals surface area contributed by atoms with Crippen LogP contribution in [0.4, 0.5) is 14.0 Å². The van der Waals surface area contributed by atoms with Gasteiger partial charge < -0.3 is 20.1 Å². The lowest BCUT2D eigenvalue weighted by molar-refractivity contribution is 0.0488. The molecule has 0 spiro atoms. The third-order valence-corrected chi connectivity index (χ3v) is 4.64. The molecule has 0 aliphatic heterocycles. The van der Waals surface area contributed by atoms with Crippen molar-refractivity contribution in [2.75, 3.05) is 0 Å². The largest absolute Gasteiger partial charge is 0.445 e. The van der Waals surface area contributed by atoms with E-state index in [1.54, 1.807) is 12.1 Å². The molecular formula is C19H26BrFN2O4. The summed E-state index contributed by atoms with van der Waals surface area (Å²) in [5, 5.41) is 5.65. The molecule has 0 unspecified atom stereocenters. The first-order valence-corrected chi connectivity index (χ1v) is 9.78. The fourth-order valence-corrected chi connectivity index (χ4v) is 3.18. The molecule has 6 nitrogen and oxygen atoms in total. The first-order valence-electron chi connectivity index (χ1n) is 8.99. The number of hydrogen-bond acceptors (Lipinski definition) is 4. The van der Waals surface area contributed by atoms with E-state index in [-0.39, 0.29) is 18.7 Å². The van der Waals surface area contributed by atoms with E-state index in [0.717, 1.165) is 25.7 Å².